The van der Waals surface area contributed by atoms with E-state index in [0.717, 1.165) is 0 Å². The van der Waals surface area contributed by atoms with Gasteiger partial charge in [0.15, 0.2) is 11.3 Å². The highest BCUT2D eigenvalue weighted by molar-refractivity contribution is 6.00. The number of halogens is 1. The monoisotopic (exact) mass is 208 g/mol. The molecule has 5 heteroatoms. The van der Waals surface area contributed by atoms with E-state index < -0.39 is 12.6 Å². The molecule has 1 amide bonds. The Morgan fingerprint density at radius 3 is 2.80 bits per heavy atom. The number of nitrogen functional groups attached to an aromatic ring is 1. The van der Waals surface area contributed by atoms with E-state index in [4.69, 9.17) is 15.9 Å². The topological polar surface area (TPSA) is 82.2 Å². The number of nitrogens with two attached hydrogens (primary N) is 2. The normalized spacial score (nSPS) is 10.7. The molecule has 0 bridgehead atoms. The molecular weight excluding hydrogens is 199 g/mol. The second-order valence-corrected chi connectivity index (χ2v) is 3.13. The molecule has 0 spiro atoms. The largest absolute Gasteiger partial charge is 0.448 e. The maximum atomic E-state index is 12.7. The van der Waals surface area contributed by atoms with Gasteiger partial charge in [0.2, 0.25) is 0 Å². The van der Waals surface area contributed by atoms with Gasteiger partial charge < -0.3 is 15.9 Å². The van der Waals surface area contributed by atoms with E-state index in [0.29, 0.717) is 16.7 Å². The van der Waals surface area contributed by atoms with Crippen LogP contribution in [-0.4, -0.2) is 5.91 Å². The third-order valence-corrected chi connectivity index (χ3v) is 2.21. The summed E-state index contributed by atoms with van der Waals surface area (Å²) in [6, 6.07) is 4.91. The number of benzene rings is 1. The molecule has 0 atom stereocenters. The first-order valence-electron chi connectivity index (χ1n) is 4.30. The molecule has 1 heterocycles. The number of amides is 1. The molecule has 0 aliphatic carbocycles. The summed E-state index contributed by atoms with van der Waals surface area (Å²) in [6.45, 7) is -0.811. The second kappa shape index (κ2) is 3.27. The standard InChI is InChI=1S/C10H9FN2O2/c11-4-6-5-2-1-3-7(12)8(5)15-9(6)10(13)14/h1-3H,4,12H2,(H2,13,14). The van der Waals surface area contributed by atoms with Gasteiger partial charge in [-0.25, -0.2) is 4.39 Å². The molecule has 0 unspecified atom stereocenters. The quantitative estimate of drug-likeness (QED) is 0.735. The van der Waals surface area contributed by atoms with Crippen molar-refractivity contribution < 1.29 is 13.6 Å². The van der Waals surface area contributed by atoms with Gasteiger partial charge in [0, 0.05) is 10.9 Å². The van der Waals surface area contributed by atoms with Crippen LogP contribution in [-0.2, 0) is 6.67 Å². The minimum Gasteiger partial charge on any atom is -0.448 e. The third-order valence-electron chi connectivity index (χ3n) is 2.21. The second-order valence-electron chi connectivity index (χ2n) is 3.13. The maximum absolute atomic E-state index is 12.7. The Bertz CT molecular complexity index is 533. The Morgan fingerprint density at radius 1 is 1.47 bits per heavy atom. The molecular formula is C10H9FN2O2. The van der Waals surface area contributed by atoms with E-state index >= 15 is 0 Å². The number of alkyl halides is 1. The number of hydrogen-bond acceptors (Lipinski definition) is 3. The molecule has 2 aromatic rings. The Balaban J connectivity index is 2.84. The van der Waals surface area contributed by atoms with E-state index in [2.05, 4.69) is 0 Å². The highest BCUT2D eigenvalue weighted by atomic mass is 19.1. The van der Waals surface area contributed by atoms with Crippen LogP contribution in [0.4, 0.5) is 10.1 Å². The summed E-state index contributed by atoms with van der Waals surface area (Å²) in [4.78, 5) is 11.0. The number of anilines is 1. The van der Waals surface area contributed by atoms with Gasteiger partial charge >= 0.3 is 0 Å². The number of fused-ring (bicyclic) bond motifs is 1. The Hall–Kier alpha value is -2.04. The van der Waals surface area contributed by atoms with Crippen LogP contribution < -0.4 is 11.5 Å². The third kappa shape index (κ3) is 1.32. The first-order chi connectivity index (χ1) is 7.15. The highest BCUT2D eigenvalue weighted by Crippen LogP contribution is 2.30. The van der Waals surface area contributed by atoms with E-state index in [9.17, 15) is 9.18 Å². The van der Waals surface area contributed by atoms with E-state index in [1.807, 2.05) is 0 Å². The molecule has 0 saturated carbocycles. The summed E-state index contributed by atoms with van der Waals surface area (Å²) in [5.74, 6) is -0.955. The molecule has 0 aliphatic heterocycles. The minimum atomic E-state index is -0.811. The molecule has 0 aliphatic rings. The van der Waals surface area contributed by atoms with Crippen LogP contribution in [0.5, 0.6) is 0 Å². The molecule has 1 aromatic heterocycles. The first kappa shape index (κ1) is 9.51. The number of para-hydroxylation sites is 1. The van der Waals surface area contributed by atoms with Crippen LogP contribution in [0.1, 0.15) is 16.1 Å². The van der Waals surface area contributed by atoms with Crippen LogP contribution in [0, 0.1) is 0 Å². The van der Waals surface area contributed by atoms with Crippen LogP contribution >= 0.6 is 0 Å². The van der Waals surface area contributed by atoms with Crippen LogP contribution in [0.15, 0.2) is 22.6 Å². The lowest BCUT2D eigenvalue weighted by Gasteiger charge is -1.93. The number of primary amides is 1. The summed E-state index contributed by atoms with van der Waals surface area (Å²) in [5, 5.41) is 0.492. The summed E-state index contributed by atoms with van der Waals surface area (Å²) in [7, 11) is 0. The average Bonchev–Trinajstić information content (AvgIpc) is 2.57. The first-order valence-corrected chi connectivity index (χ1v) is 4.30. The Kier molecular flexibility index (Phi) is 2.07. The van der Waals surface area contributed by atoms with Crippen LogP contribution in [0.3, 0.4) is 0 Å². The van der Waals surface area contributed by atoms with Crippen LogP contribution in [0.25, 0.3) is 11.0 Å². The summed E-state index contributed by atoms with van der Waals surface area (Å²) < 4.78 is 17.9. The van der Waals surface area contributed by atoms with Crippen molar-refractivity contribution in [2.45, 2.75) is 6.67 Å². The van der Waals surface area contributed by atoms with Crippen molar-refractivity contribution >= 4 is 22.6 Å². The number of carbonyl (C=O) groups excluding carboxylic acids is 1. The molecule has 4 nitrogen and oxygen atoms in total. The number of furan rings is 1. The predicted octanol–water partition coefficient (Wildman–Crippen LogP) is 1.58. The molecule has 4 N–H and O–H groups in total. The fourth-order valence-electron chi connectivity index (χ4n) is 1.52. The minimum absolute atomic E-state index is 0.157. The van der Waals surface area contributed by atoms with Gasteiger partial charge in [-0.3, -0.25) is 4.79 Å². The van der Waals surface area contributed by atoms with Crippen molar-refractivity contribution in [3.05, 3.63) is 29.5 Å². The van der Waals surface area contributed by atoms with Gasteiger partial charge in [-0.15, -0.1) is 0 Å². The van der Waals surface area contributed by atoms with Gasteiger partial charge in [-0.05, 0) is 6.07 Å². The molecule has 0 fully saturated rings. The van der Waals surface area contributed by atoms with E-state index in [1.165, 1.54) is 0 Å². The predicted molar refractivity (Wildman–Crippen MR) is 54.0 cm³/mol. The van der Waals surface area contributed by atoms with Gasteiger partial charge in [0.25, 0.3) is 5.91 Å². The van der Waals surface area contributed by atoms with Crippen molar-refractivity contribution in [3.8, 4) is 0 Å². The van der Waals surface area contributed by atoms with Gasteiger partial charge in [-0.1, -0.05) is 12.1 Å². The fraction of sp³-hybridized carbons (Fsp3) is 0.100. The van der Waals surface area contributed by atoms with E-state index in [-0.39, 0.29) is 11.3 Å². The van der Waals surface area contributed by atoms with Crippen molar-refractivity contribution in [1.29, 1.82) is 0 Å². The van der Waals surface area contributed by atoms with Gasteiger partial charge in [0.05, 0.1) is 5.69 Å². The number of carbonyl (C=O) groups is 1. The highest BCUT2D eigenvalue weighted by Gasteiger charge is 2.19. The lowest BCUT2D eigenvalue weighted by atomic mass is 10.1. The zero-order valence-corrected chi connectivity index (χ0v) is 7.79. The zero-order chi connectivity index (χ0) is 11.0. The number of rotatable bonds is 2. The summed E-state index contributed by atoms with van der Waals surface area (Å²) >= 11 is 0. The lowest BCUT2D eigenvalue weighted by molar-refractivity contribution is 0.0974. The summed E-state index contributed by atoms with van der Waals surface area (Å²) in [6.07, 6.45) is 0. The Labute approximate surface area is 84.6 Å². The molecule has 2 rings (SSSR count). The van der Waals surface area contributed by atoms with Crippen molar-refractivity contribution in [1.82, 2.24) is 0 Å². The van der Waals surface area contributed by atoms with Crippen LogP contribution in [0.2, 0.25) is 0 Å². The van der Waals surface area contributed by atoms with Crippen molar-refractivity contribution in [2.24, 2.45) is 5.73 Å². The molecule has 0 saturated heterocycles. The number of hydrogen-bond donors (Lipinski definition) is 2. The SMILES string of the molecule is NC(=O)c1oc2c(N)cccc2c1CF. The molecule has 0 radical (unpaired) electrons. The van der Waals surface area contributed by atoms with Gasteiger partial charge in [0.1, 0.15) is 6.67 Å². The Morgan fingerprint density at radius 2 is 2.20 bits per heavy atom. The smallest absolute Gasteiger partial charge is 0.284 e. The maximum Gasteiger partial charge on any atom is 0.284 e. The lowest BCUT2D eigenvalue weighted by Crippen LogP contribution is -2.11. The molecule has 15 heavy (non-hydrogen) atoms. The summed E-state index contributed by atoms with van der Waals surface area (Å²) in [5.41, 5.74) is 11.5. The zero-order valence-electron chi connectivity index (χ0n) is 7.79. The van der Waals surface area contributed by atoms with Gasteiger partial charge in [-0.2, -0.15) is 0 Å². The molecule has 1 aromatic carbocycles. The van der Waals surface area contributed by atoms with Crippen molar-refractivity contribution in [2.75, 3.05) is 5.73 Å². The fourth-order valence-corrected chi connectivity index (χ4v) is 1.52. The van der Waals surface area contributed by atoms with E-state index in [1.54, 1.807) is 18.2 Å². The molecule has 78 valence electrons. The van der Waals surface area contributed by atoms with Crippen molar-refractivity contribution in [3.63, 3.8) is 0 Å². The average molecular weight is 208 g/mol.